The molecule has 0 saturated heterocycles. The molecular weight excluding hydrogens is 448 g/mol. The van der Waals surface area contributed by atoms with Crippen molar-refractivity contribution < 1.29 is 23.2 Å². The number of ether oxygens (including phenoxy) is 2. The SMILES string of the molecule is C[n+]1c2cccc1Oc1cccc[n+]1C1=Cc3c(cccc3-n3c4ccccc4c4ccc[n+]1c43)O2. The van der Waals surface area contributed by atoms with E-state index < -0.39 is 0 Å². The summed E-state index contributed by atoms with van der Waals surface area (Å²) in [7, 11) is 1.95. The third-order valence-corrected chi connectivity index (χ3v) is 7.05. The summed E-state index contributed by atoms with van der Waals surface area (Å²) in [6.07, 6.45) is 6.34. The molecule has 6 heterocycles. The van der Waals surface area contributed by atoms with Crippen LogP contribution in [0, 0.1) is 5.82 Å². The zero-order valence-corrected chi connectivity index (χ0v) is 19.5. The molecule has 0 atom stereocenters. The fourth-order valence-corrected chi connectivity index (χ4v) is 5.39. The molecule has 0 fully saturated rings. The van der Waals surface area contributed by atoms with Crippen molar-refractivity contribution in [3.8, 4) is 29.1 Å². The number of nitrogens with zero attached hydrogens (tertiary/aromatic N) is 4. The Hall–Kier alpha value is -4.97. The van der Waals surface area contributed by atoms with Gasteiger partial charge in [0.25, 0.3) is 0 Å². The highest BCUT2D eigenvalue weighted by atomic mass is 16.5. The molecule has 170 valence electrons. The standard InChI is InChI=1S/C30H21N4O2/c1-31-27-15-7-16-28(31)36-29-14-4-5-17-32(29)26-19-22-24(12-6-13-25(22)35-27)34-23-11-3-2-9-20(23)21-10-8-18-33(26)30(21)34/h2-19H,1H3/q+3. The van der Waals surface area contributed by atoms with Crippen LogP contribution in [0.3, 0.4) is 0 Å². The Morgan fingerprint density at radius 3 is 2.33 bits per heavy atom. The molecule has 6 nitrogen and oxygen atoms in total. The largest absolute Gasteiger partial charge is 0.460 e. The van der Waals surface area contributed by atoms with E-state index in [1.165, 1.54) is 10.8 Å². The first-order valence-electron chi connectivity index (χ1n) is 11.9. The molecule has 4 aromatic heterocycles. The van der Waals surface area contributed by atoms with E-state index in [0.29, 0.717) is 17.6 Å². The quantitative estimate of drug-likeness (QED) is 0.302. The minimum Gasteiger partial charge on any atom is -0.404 e. The van der Waals surface area contributed by atoms with Crippen molar-refractivity contribution in [2.75, 3.05) is 0 Å². The van der Waals surface area contributed by atoms with Crippen LogP contribution >= 0.6 is 0 Å². The summed E-state index contributed by atoms with van der Waals surface area (Å²) in [6, 6.07) is 30.9. The molecule has 0 amide bonds. The highest BCUT2D eigenvalue weighted by Gasteiger charge is 2.37. The zero-order valence-electron chi connectivity index (χ0n) is 19.5. The van der Waals surface area contributed by atoms with E-state index in [1.807, 2.05) is 60.3 Å². The third kappa shape index (κ3) is 2.53. The van der Waals surface area contributed by atoms with E-state index in [1.54, 1.807) is 0 Å². The molecule has 2 aliphatic rings. The minimum absolute atomic E-state index is 0.681. The number of para-hydroxylation sites is 1. The number of hydrogen-bond donors (Lipinski definition) is 0. The molecule has 36 heavy (non-hydrogen) atoms. The highest BCUT2D eigenvalue weighted by molar-refractivity contribution is 6.07. The zero-order chi connectivity index (χ0) is 23.8. The van der Waals surface area contributed by atoms with Gasteiger partial charge in [-0.05, 0) is 36.4 Å². The van der Waals surface area contributed by atoms with Gasteiger partial charge in [0.05, 0.1) is 46.4 Å². The number of fused-ring (bicyclic) bond motifs is 9. The Balaban J connectivity index is 1.60. The van der Waals surface area contributed by atoms with Crippen LogP contribution in [-0.4, -0.2) is 4.57 Å². The van der Waals surface area contributed by atoms with Crippen molar-refractivity contribution in [3.05, 3.63) is 115 Å². The van der Waals surface area contributed by atoms with Gasteiger partial charge in [-0.3, -0.25) is 4.57 Å². The predicted molar refractivity (Wildman–Crippen MR) is 134 cm³/mol. The normalized spacial score (nSPS) is 13.2. The van der Waals surface area contributed by atoms with Crippen LogP contribution in [0.15, 0.2) is 103 Å². The van der Waals surface area contributed by atoms with Crippen molar-refractivity contribution in [3.63, 3.8) is 0 Å². The number of aromatic nitrogens is 4. The van der Waals surface area contributed by atoms with Crippen molar-refractivity contribution in [1.29, 1.82) is 0 Å². The smallest absolute Gasteiger partial charge is 0.404 e. The highest BCUT2D eigenvalue weighted by Crippen LogP contribution is 2.38. The molecule has 0 unspecified atom stereocenters. The van der Waals surface area contributed by atoms with E-state index >= 15 is 0 Å². The number of hydrogen-bond acceptors (Lipinski definition) is 2. The summed E-state index contributed by atoms with van der Waals surface area (Å²) in [5.74, 6) is 3.79. The van der Waals surface area contributed by atoms with E-state index in [2.05, 4.69) is 74.5 Å². The van der Waals surface area contributed by atoms with Crippen molar-refractivity contribution in [2.45, 2.75) is 0 Å². The summed E-state index contributed by atoms with van der Waals surface area (Å²) in [4.78, 5) is 0. The van der Waals surface area contributed by atoms with Gasteiger partial charge in [-0.2, -0.15) is 0 Å². The monoisotopic (exact) mass is 469 g/mol. The van der Waals surface area contributed by atoms with Crippen LogP contribution in [0.25, 0.3) is 33.7 Å². The summed E-state index contributed by atoms with van der Waals surface area (Å²) >= 11 is 0. The molecule has 0 saturated carbocycles. The number of pyridine rings is 3. The Bertz CT molecular complexity index is 1920. The first-order chi connectivity index (χ1) is 17.8. The van der Waals surface area contributed by atoms with Gasteiger partial charge in [-0.25, -0.2) is 0 Å². The summed E-state index contributed by atoms with van der Waals surface area (Å²) in [5, 5.41) is 2.39. The predicted octanol–water partition coefficient (Wildman–Crippen LogP) is 4.72. The lowest BCUT2D eigenvalue weighted by molar-refractivity contribution is -0.825. The third-order valence-electron chi connectivity index (χ3n) is 7.05. The molecule has 6 aromatic rings. The van der Waals surface area contributed by atoms with Crippen LogP contribution in [0.4, 0.5) is 0 Å². The van der Waals surface area contributed by atoms with Crippen LogP contribution < -0.4 is 23.2 Å². The van der Waals surface area contributed by atoms with Crippen molar-refractivity contribution in [2.24, 2.45) is 7.05 Å². The number of benzene rings is 2. The first kappa shape index (κ1) is 19.3. The topological polar surface area (TPSA) is 35.0 Å². The van der Waals surface area contributed by atoms with Gasteiger partial charge >= 0.3 is 29.1 Å². The second kappa shape index (κ2) is 7.02. The van der Waals surface area contributed by atoms with Gasteiger partial charge in [-0.1, -0.05) is 33.4 Å². The van der Waals surface area contributed by atoms with Gasteiger partial charge in [0, 0.05) is 17.5 Å². The maximum Gasteiger partial charge on any atom is 0.460 e. The molecule has 0 N–H and O–H groups in total. The van der Waals surface area contributed by atoms with Crippen LogP contribution in [0.1, 0.15) is 5.56 Å². The van der Waals surface area contributed by atoms with Gasteiger partial charge in [0.15, 0.2) is 12.4 Å². The Morgan fingerprint density at radius 1 is 0.639 bits per heavy atom. The van der Waals surface area contributed by atoms with Gasteiger partial charge in [-0.15, -0.1) is 4.57 Å². The van der Waals surface area contributed by atoms with Crippen LogP contribution in [0.5, 0.6) is 23.4 Å². The minimum atomic E-state index is 0.681. The lowest BCUT2D eigenvalue weighted by atomic mass is 10.1. The molecule has 0 radical (unpaired) electrons. The maximum absolute atomic E-state index is 6.57. The number of rotatable bonds is 0. The van der Waals surface area contributed by atoms with Gasteiger partial charge < -0.3 is 9.47 Å². The fraction of sp³-hybridized carbons (Fsp3) is 0.0333. The van der Waals surface area contributed by atoms with E-state index in [4.69, 9.17) is 9.47 Å². The Kier molecular flexibility index (Phi) is 3.77. The summed E-state index contributed by atoms with van der Waals surface area (Å²) < 4.78 is 21.6. The van der Waals surface area contributed by atoms with Gasteiger partial charge in [0.2, 0.25) is 0 Å². The molecular formula is C30H21N4O2+3. The van der Waals surface area contributed by atoms with E-state index in [-0.39, 0.29) is 0 Å². The second-order valence-corrected chi connectivity index (χ2v) is 9.03. The summed E-state index contributed by atoms with van der Waals surface area (Å²) in [5.41, 5.74) is 4.29. The molecule has 2 aliphatic heterocycles. The molecule has 8 rings (SSSR count). The second-order valence-electron chi connectivity index (χ2n) is 9.03. The maximum atomic E-state index is 6.57. The molecule has 0 aliphatic carbocycles. The van der Waals surface area contributed by atoms with Crippen LogP contribution in [0.2, 0.25) is 0 Å². The van der Waals surface area contributed by atoms with Crippen LogP contribution in [-0.2, 0) is 7.05 Å². The first-order valence-corrected chi connectivity index (χ1v) is 11.9. The average molecular weight is 470 g/mol. The average Bonchev–Trinajstić information content (AvgIpc) is 3.16. The summed E-state index contributed by atoms with van der Waals surface area (Å²) in [6.45, 7) is 0. The van der Waals surface area contributed by atoms with Gasteiger partial charge in [0.1, 0.15) is 12.8 Å². The van der Waals surface area contributed by atoms with Crippen molar-refractivity contribution >= 4 is 28.0 Å². The fourth-order valence-electron chi connectivity index (χ4n) is 5.39. The lowest BCUT2D eigenvalue weighted by Crippen LogP contribution is -2.54. The molecule has 4 bridgehead atoms. The molecule has 0 spiro atoms. The lowest BCUT2D eigenvalue weighted by Gasteiger charge is -2.12. The van der Waals surface area contributed by atoms with E-state index in [9.17, 15) is 0 Å². The Morgan fingerprint density at radius 2 is 1.39 bits per heavy atom. The molecule has 2 aromatic carbocycles. The Labute approximate surface area is 206 Å². The van der Waals surface area contributed by atoms with E-state index in [0.717, 1.165) is 34.0 Å². The molecule has 6 heteroatoms. The van der Waals surface area contributed by atoms with Crippen molar-refractivity contribution in [1.82, 2.24) is 4.57 Å².